The molecular formula is C20H25F3O8. The van der Waals surface area contributed by atoms with Crippen molar-refractivity contribution in [3.63, 3.8) is 0 Å². The summed E-state index contributed by atoms with van der Waals surface area (Å²) < 4.78 is 58.5. The number of carbonyl (C=O) groups excluding carboxylic acids is 4. The lowest BCUT2D eigenvalue weighted by molar-refractivity contribution is -0.220. The molecule has 3 fully saturated rings. The number of ether oxygens (including phenoxy) is 4. The fraction of sp³-hybridized carbons (Fsp3) is 0.800. The van der Waals surface area contributed by atoms with E-state index in [1.807, 2.05) is 0 Å². The Kier molecular flexibility index (Phi) is 6.01. The Hall–Kier alpha value is -2.33. The second-order valence-corrected chi connectivity index (χ2v) is 8.91. The molecule has 2 saturated carbocycles. The van der Waals surface area contributed by atoms with Crippen LogP contribution in [0.4, 0.5) is 13.2 Å². The highest BCUT2D eigenvalue weighted by molar-refractivity contribution is 5.86. The Morgan fingerprint density at radius 1 is 1.19 bits per heavy atom. The van der Waals surface area contributed by atoms with E-state index in [0.717, 1.165) is 0 Å². The lowest BCUT2D eigenvalue weighted by Gasteiger charge is -2.31. The van der Waals surface area contributed by atoms with Crippen LogP contribution in [0.1, 0.15) is 40.5 Å². The van der Waals surface area contributed by atoms with Gasteiger partial charge in [-0.3, -0.25) is 14.4 Å². The van der Waals surface area contributed by atoms with Gasteiger partial charge in [-0.15, -0.1) is 0 Å². The van der Waals surface area contributed by atoms with Crippen LogP contribution in [-0.4, -0.2) is 55.0 Å². The zero-order valence-corrected chi connectivity index (χ0v) is 17.6. The van der Waals surface area contributed by atoms with E-state index in [-0.39, 0.29) is 6.42 Å². The average Bonchev–Trinajstić information content (AvgIpc) is 3.28. The van der Waals surface area contributed by atoms with Crippen molar-refractivity contribution < 1.29 is 51.3 Å². The minimum absolute atomic E-state index is 0.280. The summed E-state index contributed by atoms with van der Waals surface area (Å²) in [5, 5.41) is 0. The van der Waals surface area contributed by atoms with Gasteiger partial charge in [0.25, 0.3) is 0 Å². The Morgan fingerprint density at radius 3 is 2.42 bits per heavy atom. The normalized spacial score (nSPS) is 32.4. The number of halogens is 3. The molecule has 0 aromatic heterocycles. The molecule has 2 bridgehead atoms. The highest BCUT2D eigenvalue weighted by Crippen LogP contribution is 2.59. The number of rotatable bonds is 7. The van der Waals surface area contributed by atoms with Crippen molar-refractivity contribution in [1.29, 1.82) is 0 Å². The number of esters is 4. The number of hydrogen-bond donors (Lipinski definition) is 0. The molecular weight excluding hydrogens is 425 g/mol. The van der Waals surface area contributed by atoms with E-state index in [1.165, 1.54) is 0 Å². The summed E-state index contributed by atoms with van der Waals surface area (Å²) in [7, 11) is 0. The van der Waals surface area contributed by atoms with Crippen LogP contribution >= 0.6 is 0 Å². The van der Waals surface area contributed by atoms with Gasteiger partial charge in [0.2, 0.25) is 0 Å². The van der Waals surface area contributed by atoms with Gasteiger partial charge < -0.3 is 18.9 Å². The Labute approximate surface area is 176 Å². The van der Waals surface area contributed by atoms with Crippen LogP contribution in [-0.2, 0) is 38.1 Å². The van der Waals surface area contributed by atoms with Gasteiger partial charge >= 0.3 is 30.1 Å². The average molecular weight is 450 g/mol. The molecule has 3 rings (SSSR count). The van der Waals surface area contributed by atoms with Crippen LogP contribution in [0.3, 0.4) is 0 Å². The molecule has 0 spiro atoms. The van der Waals surface area contributed by atoms with Gasteiger partial charge in [-0.25, -0.2) is 4.79 Å². The van der Waals surface area contributed by atoms with Gasteiger partial charge in [-0.05, 0) is 33.6 Å². The van der Waals surface area contributed by atoms with Crippen molar-refractivity contribution in [2.75, 3.05) is 6.61 Å². The van der Waals surface area contributed by atoms with Gasteiger partial charge in [0.1, 0.15) is 12.2 Å². The third-order valence-corrected chi connectivity index (χ3v) is 6.60. The van der Waals surface area contributed by atoms with Crippen molar-refractivity contribution in [3.05, 3.63) is 0 Å². The topological polar surface area (TPSA) is 105 Å². The molecule has 1 saturated heterocycles. The zero-order valence-electron chi connectivity index (χ0n) is 17.6. The summed E-state index contributed by atoms with van der Waals surface area (Å²) in [5.41, 5.74) is -0.787. The lowest BCUT2D eigenvalue weighted by Crippen LogP contribution is -2.45. The summed E-state index contributed by atoms with van der Waals surface area (Å²) in [5.74, 6) is -6.64. The smallest absolute Gasteiger partial charge is 0.425 e. The molecule has 1 aliphatic heterocycles. The predicted octanol–water partition coefficient (Wildman–Crippen LogP) is 2.18. The maximum atomic E-state index is 12.8. The number of carbonyl (C=O) groups is 4. The van der Waals surface area contributed by atoms with Gasteiger partial charge in [-0.1, -0.05) is 6.92 Å². The van der Waals surface area contributed by atoms with Gasteiger partial charge in [0.05, 0.1) is 17.3 Å². The summed E-state index contributed by atoms with van der Waals surface area (Å²) in [6.07, 6.45) is -8.10. The molecule has 2 aliphatic carbocycles. The maximum Gasteiger partial charge on any atom is 0.425 e. The monoisotopic (exact) mass is 450 g/mol. The van der Waals surface area contributed by atoms with Crippen LogP contribution in [0, 0.1) is 29.1 Å². The summed E-state index contributed by atoms with van der Waals surface area (Å²) >= 11 is 0. The molecule has 0 N–H and O–H groups in total. The van der Waals surface area contributed by atoms with Crippen LogP contribution < -0.4 is 0 Å². The van der Waals surface area contributed by atoms with Crippen molar-refractivity contribution in [1.82, 2.24) is 0 Å². The molecule has 31 heavy (non-hydrogen) atoms. The van der Waals surface area contributed by atoms with Crippen LogP contribution in [0.15, 0.2) is 0 Å². The third kappa shape index (κ3) is 4.23. The second kappa shape index (κ2) is 7.98. The van der Waals surface area contributed by atoms with E-state index in [2.05, 4.69) is 4.74 Å². The van der Waals surface area contributed by atoms with Crippen molar-refractivity contribution in [2.45, 2.75) is 65.0 Å². The first-order chi connectivity index (χ1) is 14.3. The van der Waals surface area contributed by atoms with Gasteiger partial charge in [-0.2, -0.15) is 13.2 Å². The SMILES string of the molecule is CCC(C)(C)C(=O)OCC(=O)OC1C2CC3C1OC(=O)C3C2C(=O)OC(C)C(F)(F)F. The third-order valence-electron chi connectivity index (χ3n) is 6.60. The minimum Gasteiger partial charge on any atom is -0.458 e. The molecule has 3 aliphatic rings. The van der Waals surface area contributed by atoms with E-state index in [1.54, 1.807) is 20.8 Å². The summed E-state index contributed by atoms with van der Waals surface area (Å²) in [6, 6.07) is 0. The number of alkyl halides is 3. The van der Waals surface area contributed by atoms with Crippen molar-refractivity contribution in [3.8, 4) is 0 Å². The molecule has 0 amide bonds. The van der Waals surface area contributed by atoms with E-state index < -0.39 is 84.1 Å². The first kappa shape index (κ1) is 23.3. The molecule has 8 nitrogen and oxygen atoms in total. The first-order valence-corrected chi connectivity index (χ1v) is 10.1. The van der Waals surface area contributed by atoms with Gasteiger partial charge in [0, 0.05) is 11.8 Å². The Bertz CT molecular complexity index is 777. The van der Waals surface area contributed by atoms with E-state index in [0.29, 0.717) is 13.3 Å². The van der Waals surface area contributed by atoms with Crippen LogP contribution in [0.2, 0.25) is 0 Å². The highest BCUT2D eigenvalue weighted by Gasteiger charge is 2.70. The van der Waals surface area contributed by atoms with E-state index in [4.69, 9.17) is 14.2 Å². The lowest BCUT2D eigenvalue weighted by atomic mass is 9.78. The zero-order chi connectivity index (χ0) is 23.3. The molecule has 7 unspecified atom stereocenters. The Morgan fingerprint density at radius 2 is 1.84 bits per heavy atom. The van der Waals surface area contributed by atoms with Crippen molar-refractivity contribution >= 4 is 23.9 Å². The molecule has 0 radical (unpaired) electrons. The molecule has 1 heterocycles. The van der Waals surface area contributed by atoms with Crippen LogP contribution in [0.25, 0.3) is 0 Å². The predicted molar refractivity (Wildman–Crippen MR) is 95.0 cm³/mol. The van der Waals surface area contributed by atoms with Gasteiger partial charge in [0.15, 0.2) is 12.7 Å². The Balaban J connectivity index is 1.66. The fourth-order valence-electron chi connectivity index (χ4n) is 4.44. The summed E-state index contributed by atoms with van der Waals surface area (Å²) in [6.45, 7) is 5.14. The molecule has 174 valence electrons. The quantitative estimate of drug-likeness (QED) is 0.429. The number of hydrogen-bond acceptors (Lipinski definition) is 8. The second-order valence-electron chi connectivity index (χ2n) is 8.91. The standard InChI is InChI=1S/C20H25F3O8/c1-5-19(3,4)18(27)28-7-11(24)30-14-9-6-10-13(17(26)31-15(10)14)12(9)16(25)29-8(2)20(21,22)23/h8-10,12-15H,5-7H2,1-4H3. The number of fused-ring (bicyclic) bond motifs is 1. The van der Waals surface area contributed by atoms with Crippen molar-refractivity contribution in [2.24, 2.45) is 29.1 Å². The fourth-order valence-corrected chi connectivity index (χ4v) is 4.44. The minimum atomic E-state index is -4.74. The molecule has 0 aromatic carbocycles. The maximum absolute atomic E-state index is 12.8. The largest absolute Gasteiger partial charge is 0.458 e. The van der Waals surface area contributed by atoms with E-state index >= 15 is 0 Å². The highest BCUT2D eigenvalue weighted by atomic mass is 19.4. The van der Waals surface area contributed by atoms with E-state index in [9.17, 15) is 32.3 Å². The first-order valence-electron chi connectivity index (χ1n) is 10.1. The molecule has 7 atom stereocenters. The molecule has 0 aromatic rings. The van der Waals surface area contributed by atoms with Crippen LogP contribution in [0.5, 0.6) is 0 Å². The summed E-state index contributed by atoms with van der Waals surface area (Å²) in [4.78, 5) is 48.9. The molecule has 11 heteroatoms.